The monoisotopic (exact) mass is 537 g/mol. The first-order chi connectivity index (χ1) is 18.4. The van der Waals surface area contributed by atoms with Gasteiger partial charge in [-0.3, -0.25) is 9.36 Å². The first-order valence-electron chi connectivity index (χ1n) is 12.8. The van der Waals surface area contributed by atoms with Gasteiger partial charge in [0, 0.05) is 30.0 Å². The van der Waals surface area contributed by atoms with Crippen molar-refractivity contribution in [3.05, 3.63) is 48.5 Å². The fraction of sp³-hybridized carbons (Fsp3) is 0.500. The maximum Gasteiger partial charge on any atom is 0.259 e. The minimum absolute atomic E-state index is 0.0396. The molecule has 3 aromatic rings. The molecule has 11 nitrogen and oxygen atoms in total. The van der Waals surface area contributed by atoms with Gasteiger partial charge in [0.2, 0.25) is 0 Å². The van der Waals surface area contributed by atoms with Crippen LogP contribution in [0, 0.1) is 17.2 Å². The molecule has 1 aliphatic carbocycles. The molecule has 38 heavy (non-hydrogen) atoms. The molecule has 2 aliphatic rings. The zero-order valence-electron chi connectivity index (χ0n) is 21.9. The summed E-state index contributed by atoms with van der Waals surface area (Å²) in [6.07, 6.45) is 3.85. The number of carbonyl (C=O) groups is 1. The number of ether oxygens (including phenoxy) is 1. The largest absolute Gasteiger partial charge is 0.352 e. The normalized spacial score (nSPS) is 23.1. The van der Waals surface area contributed by atoms with Crippen LogP contribution in [-0.2, 0) is 13.8 Å². The zero-order chi connectivity index (χ0) is 26.8. The molecule has 1 aliphatic heterocycles. The third kappa shape index (κ3) is 5.41. The van der Waals surface area contributed by atoms with Gasteiger partial charge in [-0.25, -0.2) is 19.6 Å². The summed E-state index contributed by atoms with van der Waals surface area (Å²) >= 11 is 0. The second kappa shape index (κ2) is 11.4. The van der Waals surface area contributed by atoms with Crippen LogP contribution in [0.5, 0.6) is 0 Å². The van der Waals surface area contributed by atoms with Gasteiger partial charge in [-0.05, 0) is 39.8 Å². The first-order valence-corrected chi connectivity index (χ1v) is 14.0. The van der Waals surface area contributed by atoms with Gasteiger partial charge in [-0.1, -0.05) is 18.2 Å². The first kappa shape index (κ1) is 26.6. The van der Waals surface area contributed by atoms with Crippen molar-refractivity contribution >= 4 is 31.4 Å². The lowest BCUT2D eigenvalue weighted by Crippen LogP contribution is -2.34. The Morgan fingerprint density at radius 2 is 2.00 bits per heavy atom. The van der Waals surface area contributed by atoms with E-state index in [-0.39, 0.29) is 42.3 Å². The highest BCUT2D eigenvalue weighted by molar-refractivity contribution is 7.44. The van der Waals surface area contributed by atoms with Crippen LogP contribution in [0.15, 0.2) is 43.0 Å². The van der Waals surface area contributed by atoms with Crippen molar-refractivity contribution in [1.82, 2.24) is 24.2 Å². The van der Waals surface area contributed by atoms with Crippen LogP contribution < -0.4 is 5.32 Å². The molecule has 0 radical (unpaired) electrons. The highest BCUT2D eigenvalue weighted by Gasteiger charge is 2.61. The minimum Gasteiger partial charge on any atom is -0.352 e. The summed E-state index contributed by atoms with van der Waals surface area (Å²) < 4.78 is 23.0. The number of hydrogen-bond donors (Lipinski definition) is 1. The Balaban J connectivity index is 1.25. The van der Waals surface area contributed by atoms with E-state index in [1.807, 2.05) is 22.8 Å². The molecule has 0 bridgehead atoms. The van der Waals surface area contributed by atoms with Crippen LogP contribution in [-0.4, -0.2) is 61.0 Å². The summed E-state index contributed by atoms with van der Waals surface area (Å²) in [5, 5.41) is 11.8. The van der Waals surface area contributed by atoms with Crippen LogP contribution in [0.3, 0.4) is 0 Å². The maximum absolute atomic E-state index is 12.6. The molecular weight excluding hydrogens is 505 g/mol. The number of imidazole rings is 1. The van der Waals surface area contributed by atoms with E-state index in [0.717, 1.165) is 6.42 Å². The average molecular weight is 538 g/mol. The smallest absolute Gasteiger partial charge is 0.259 e. The lowest BCUT2D eigenvalue weighted by molar-refractivity contribution is -0.00495. The summed E-state index contributed by atoms with van der Waals surface area (Å²) in [4.78, 5) is 25.8. The third-order valence-corrected chi connectivity index (χ3v) is 8.75. The second-order valence-corrected chi connectivity index (χ2v) is 11.3. The van der Waals surface area contributed by atoms with Gasteiger partial charge in [0.25, 0.3) is 14.4 Å². The van der Waals surface area contributed by atoms with E-state index < -0.39 is 8.53 Å². The summed E-state index contributed by atoms with van der Waals surface area (Å²) in [5.74, 6) is 0.334. The van der Waals surface area contributed by atoms with Crippen molar-refractivity contribution in [2.24, 2.45) is 5.92 Å². The number of nitrogens with one attached hydrogen (secondary N) is 1. The van der Waals surface area contributed by atoms with Gasteiger partial charge >= 0.3 is 0 Å². The number of rotatable bonds is 11. The lowest BCUT2D eigenvalue weighted by atomic mass is 10.2. The van der Waals surface area contributed by atoms with Crippen LogP contribution in [0.25, 0.3) is 11.2 Å². The van der Waals surface area contributed by atoms with E-state index in [1.54, 1.807) is 18.5 Å². The third-order valence-electron chi connectivity index (χ3n) is 6.63. The van der Waals surface area contributed by atoms with Crippen molar-refractivity contribution in [3.8, 4) is 6.07 Å². The van der Waals surface area contributed by atoms with Crippen LogP contribution >= 0.6 is 8.53 Å². The van der Waals surface area contributed by atoms with Crippen LogP contribution in [0.2, 0.25) is 0 Å². The predicted octanol–water partition coefficient (Wildman–Crippen LogP) is 4.66. The fourth-order valence-electron chi connectivity index (χ4n) is 4.87. The number of anilines is 1. The Hall–Kier alpha value is -3.00. The Labute approximate surface area is 223 Å². The van der Waals surface area contributed by atoms with Crippen LogP contribution in [0.4, 0.5) is 5.82 Å². The van der Waals surface area contributed by atoms with Gasteiger partial charge in [-0.2, -0.15) is 5.26 Å². The van der Waals surface area contributed by atoms with Gasteiger partial charge in [0.15, 0.2) is 17.0 Å². The zero-order valence-corrected chi connectivity index (χ0v) is 22.8. The van der Waals surface area contributed by atoms with Crippen molar-refractivity contribution in [2.45, 2.75) is 71.1 Å². The number of fused-ring (bicyclic) bond motifs is 2. The van der Waals surface area contributed by atoms with E-state index >= 15 is 0 Å². The SMILES string of the molecule is CC(C)N(C(C)C)P(OCCC#N)O[C@@H]1C2C[C@H](n3cnc4c(NC(=O)c5ccccc5)ncnc43)O[C@@H]21. The highest BCUT2D eigenvalue weighted by Crippen LogP contribution is 2.58. The van der Waals surface area contributed by atoms with Gasteiger partial charge in [-0.15, -0.1) is 0 Å². The van der Waals surface area contributed by atoms with E-state index in [0.29, 0.717) is 35.6 Å². The number of amides is 1. The molecule has 12 heteroatoms. The lowest BCUT2D eigenvalue weighted by Gasteiger charge is -2.36. The number of benzene rings is 1. The van der Waals surface area contributed by atoms with Crippen molar-refractivity contribution < 1.29 is 18.6 Å². The molecule has 2 fully saturated rings. The molecule has 1 aromatic carbocycles. The average Bonchev–Trinajstić information content (AvgIpc) is 3.24. The van der Waals surface area contributed by atoms with Crippen molar-refractivity contribution in [2.75, 3.05) is 11.9 Å². The van der Waals surface area contributed by atoms with Crippen molar-refractivity contribution in [1.29, 1.82) is 5.26 Å². The molecule has 0 spiro atoms. The van der Waals surface area contributed by atoms with Crippen LogP contribution in [0.1, 0.15) is 57.1 Å². The highest BCUT2D eigenvalue weighted by atomic mass is 31.2. The Morgan fingerprint density at radius 1 is 1.24 bits per heavy atom. The summed E-state index contributed by atoms with van der Waals surface area (Å²) in [6, 6.07) is 11.6. The summed E-state index contributed by atoms with van der Waals surface area (Å²) in [6.45, 7) is 8.82. The molecule has 2 aromatic heterocycles. The summed E-state index contributed by atoms with van der Waals surface area (Å²) in [7, 11) is -1.31. The van der Waals surface area contributed by atoms with E-state index in [2.05, 4.69) is 58.7 Å². The molecule has 5 atom stereocenters. The quantitative estimate of drug-likeness (QED) is 0.274. The Morgan fingerprint density at radius 3 is 2.66 bits per heavy atom. The molecule has 1 N–H and O–H groups in total. The van der Waals surface area contributed by atoms with E-state index in [4.69, 9.17) is 19.0 Å². The van der Waals surface area contributed by atoms with Gasteiger partial charge < -0.3 is 19.1 Å². The number of aromatic nitrogens is 4. The standard InChI is InChI=1S/C26H32N7O4P/c1-16(2)33(17(3)4)38(35-12-8-11-27)37-23-19-13-20(36-22(19)23)32-15-30-21-24(28-14-29-25(21)32)31-26(34)18-9-6-5-7-10-18/h5-7,9-10,14-17,19-20,22-23H,8,12-13H2,1-4H3,(H,28,29,31,34)/t19?,20-,22+,23-,38?/m1/s1. The molecule has 1 saturated heterocycles. The van der Waals surface area contributed by atoms with Crippen molar-refractivity contribution in [3.63, 3.8) is 0 Å². The number of nitrogens with zero attached hydrogens (tertiary/aromatic N) is 6. The second-order valence-electron chi connectivity index (χ2n) is 9.94. The molecule has 2 unspecified atom stereocenters. The minimum atomic E-state index is -1.31. The van der Waals surface area contributed by atoms with E-state index in [9.17, 15) is 4.79 Å². The van der Waals surface area contributed by atoms with E-state index in [1.165, 1.54) is 6.33 Å². The molecule has 200 valence electrons. The molecule has 1 amide bonds. The predicted molar refractivity (Wildman–Crippen MR) is 142 cm³/mol. The topological polar surface area (TPSA) is 127 Å². The summed E-state index contributed by atoms with van der Waals surface area (Å²) in [5.41, 5.74) is 1.64. The molecular formula is C26H32N7O4P. The number of hydrogen-bond acceptors (Lipinski definition) is 9. The Bertz CT molecular complexity index is 1290. The Kier molecular flexibility index (Phi) is 7.98. The maximum atomic E-state index is 12.6. The number of carbonyl (C=O) groups excluding carboxylic acids is 1. The fourth-order valence-corrected chi connectivity index (χ4v) is 6.66. The molecule has 1 saturated carbocycles. The molecule has 5 rings (SSSR count). The van der Waals surface area contributed by atoms with Gasteiger partial charge in [0.1, 0.15) is 12.6 Å². The molecule has 3 heterocycles. The number of nitriles is 1. The van der Waals surface area contributed by atoms with Gasteiger partial charge in [0.05, 0.1) is 37.6 Å².